The first-order valence-electron chi connectivity index (χ1n) is 6.57. The molecule has 0 bridgehead atoms. The number of halogens is 1. The molecule has 1 aromatic carbocycles. The third-order valence-electron chi connectivity index (χ3n) is 2.83. The summed E-state index contributed by atoms with van der Waals surface area (Å²) in [5.41, 5.74) is 1.27. The van der Waals surface area contributed by atoms with Gasteiger partial charge in [0, 0.05) is 18.2 Å². The molecule has 0 radical (unpaired) electrons. The lowest BCUT2D eigenvalue weighted by molar-refractivity contribution is 0.415. The number of aromatic nitrogens is 2. The summed E-state index contributed by atoms with van der Waals surface area (Å²) in [4.78, 5) is 8.68. The molecule has 2 aromatic rings. The summed E-state index contributed by atoms with van der Waals surface area (Å²) in [6, 6.07) is 6.19. The van der Waals surface area contributed by atoms with Crippen LogP contribution in [-0.4, -0.2) is 23.6 Å². The Morgan fingerprint density at radius 2 is 2.05 bits per heavy atom. The summed E-state index contributed by atoms with van der Waals surface area (Å²) < 4.78 is 18.7. The van der Waals surface area contributed by atoms with Gasteiger partial charge in [-0.3, -0.25) is 0 Å². The molecule has 0 atom stereocenters. The van der Waals surface area contributed by atoms with Crippen LogP contribution in [0.5, 0.6) is 5.75 Å². The van der Waals surface area contributed by atoms with Crippen LogP contribution >= 0.6 is 0 Å². The minimum Gasteiger partial charge on any atom is -0.496 e. The molecule has 1 N–H and O–H groups in total. The molecule has 106 valence electrons. The monoisotopic (exact) mass is 275 g/mol. The maximum Gasteiger partial charge on any atom is 0.130 e. The van der Waals surface area contributed by atoms with Crippen molar-refractivity contribution in [3.05, 3.63) is 35.9 Å². The summed E-state index contributed by atoms with van der Waals surface area (Å²) in [6.07, 6.45) is 1.00. The molecule has 2 rings (SSSR count). The Balaban J connectivity index is 2.46. The highest BCUT2D eigenvalue weighted by atomic mass is 19.1. The minimum atomic E-state index is -0.319. The van der Waals surface area contributed by atoms with Crippen molar-refractivity contribution in [3.63, 3.8) is 0 Å². The molecular formula is C15H18FN3O. The van der Waals surface area contributed by atoms with Crippen molar-refractivity contribution >= 4 is 5.82 Å². The van der Waals surface area contributed by atoms with E-state index in [4.69, 9.17) is 4.74 Å². The van der Waals surface area contributed by atoms with Crippen LogP contribution in [0, 0.1) is 12.7 Å². The average Bonchev–Trinajstić information content (AvgIpc) is 2.44. The van der Waals surface area contributed by atoms with Crippen molar-refractivity contribution < 1.29 is 9.13 Å². The zero-order valence-corrected chi connectivity index (χ0v) is 11.9. The lowest BCUT2D eigenvalue weighted by Gasteiger charge is -2.11. The second kappa shape index (κ2) is 6.32. The van der Waals surface area contributed by atoms with Crippen molar-refractivity contribution in [2.75, 3.05) is 19.0 Å². The van der Waals surface area contributed by atoms with Crippen LogP contribution in [0.3, 0.4) is 0 Å². The number of nitrogens with one attached hydrogen (secondary N) is 1. The normalized spacial score (nSPS) is 10.4. The van der Waals surface area contributed by atoms with Crippen molar-refractivity contribution in [1.29, 1.82) is 0 Å². The van der Waals surface area contributed by atoms with E-state index >= 15 is 0 Å². The van der Waals surface area contributed by atoms with Gasteiger partial charge in [0.1, 0.15) is 23.2 Å². The highest BCUT2D eigenvalue weighted by Gasteiger charge is 2.11. The van der Waals surface area contributed by atoms with E-state index in [1.54, 1.807) is 19.2 Å². The smallest absolute Gasteiger partial charge is 0.130 e. The lowest BCUT2D eigenvalue weighted by Crippen LogP contribution is -2.04. The molecule has 1 aromatic heterocycles. The van der Waals surface area contributed by atoms with E-state index in [2.05, 4.69) is 22.2 Å². The fraction of sp³-hybridized carbons (Fsp3) is 0.333. The van der Waals surface area contributed by atoms with E-state index < -0.39 is 0 Å². The van der Waals surface area contributed by atoms with Gasteiger partial charge in [0.05, 0.1) is 12.8 Å². The third-order valence-corrected chi connectivity index (χ3v) is 2.83. The van der Waals surface area contributed by atoms with E-state index in [1.165, 1.54) is 12.1 Å². The molecule has 0 aliphatic carbocycles. The number of hydrogen-bond acceptors (Lipinski definition) is 4. The van der Waals surface area contributed by atoms with Crippen LogP contribution in [0.2, 0.25) is 0 Å². The number of anilines is 1. The number of nitrogens with zero attached hydrogens (tertiary/aromatic N) is 2. The summed E-state index contributed by atoms with van der Waals surface area (Å²) in [7, 11) is 1.56. The second-order valence-electron chi connectivity index (χ2n) is 4.46. The molecular weight excluding hydrogens is 257 g/mol. The SMILES string of the molecule is CCCNc1cc(-c2cc(F)ccc2OC)nc(C)n1. The molecule has 20 heavy (non-hydrogen) atoms. The van der Waals surface area contributed by atoms with Crippen LogP contribution in [-0.2, 0) is 0 Å². The van der Waals surface area contributed by atoms with Gasteiger partial charge in [-0.1, -0.05) is 6.92 Å². The summed E-state index contributed by atoms with van der Waals surface area (Å²) in [5, 5.41) is 3.21. The number of hydrogen-bond donors (Lipinski definition) is 1. The maximum atomic E-state index is 13.5. The Bertz CT molecular complexity index is 602. The van der Waals surface area contributed by atoms with Gasteiger partial charge in [-0.25, -0.2) is 14.4 Å². The fourth-order valence-electron chi connectivity index (χ4n) is 1.93. The minimum absolute atomic E-state index is 0.319. The van der Waals surface area contributed by atoms with Gasteiger partial charge in [0.15, 0.2) is 0 Å². The Labute approximate surface area is 118 Å². The van der Waals surface area contributed by atoms with Crippen LogP contribution in [0.1, 0.15) is 19.2 Å². The molecule has 0 saturated heterocycles. The van der Waals surface area contributed by atoms with E-state index in [-0.39, 0.29) is 5.82 Å². The quantitative estimate of drug-likeness (QED) is 0.908. The zero-order valence-electron chi connectivity index (χ0n) is 11.9. The van der Waals surface area contributed by atoms with Crippen molar-refractivity contribution in [3.8, 4) is 17.0 Å². The zero-order chi connectivity index (χ0) is 14.5. The predicted molar refractivity (Wildman–Crippen MR) is 77.5 cm³/mol. The van der Waals surface area contributed by atoms with Crippen LogP contribution < -0.4 is 10.1 Å². The molecule has 0 fully saturated rings. The van der Waals surface area contributed by atoms with Gasteiger partial charge in [0.25, 0.3) is 0 Å². The van der Waals surface area contributed by atoms with Crippen LogP contribution in [0.15, 0.2) is 24.3 Å². The Morgan fingerprint density at radius 3 is 2.75 bits per heavy atom. The van der Waals surface area contributed by atoms with E-state index in [9.17, 15) is 4.39 Å². The Kier molecular flexibility index (Phi) is 4.50. The van der Waals surface area contributed by atoms with Gasteiger partial charge in [0.2, 0.25) is 0 Å². The molecule has 0 spiro atoms. The standard InChI is InChI=1S/C15H18FN3O/c1-4-7-17-15-9-13(18-10(2)19-15)12-8-11(16)5-6-14(12)20-3/h5-6,8-9H,4,7H2,1-3H3,(H,17,18,19). The molecule has 0 aliphatic rings. The van der Waals surface area contributed by atoms with Crippen molar-refractivity contribution in [2.45, 2.75) is 20.3 Å². The Hall–Kier alpha value is -2.17. The molecule has 5 heteroatoms. The Morgan fingerprint density at radius 1 is 1.25 bits per heavy atom. The topological polar surface area (TPSA) is 47.0 Å². The highest BCUT2D eigenvalue weighted by molar-refractivity contribution is 5.69. The van der Waals surface area contributed by atoms with Crippen LogP contribution in [0.25, 0.3) is 11.3 Å². The first kappa shape index (κ1) is 14.2. The molecule has 0 aliphatic heterocycles. The molecule has 1 heterocycles. The maximum absolute atomic E-state index is 13.5. The summed E-state index contributed by atoms with van der Waals surface area (Å²) in [6.45, 7) is 4.72. The predicted octanol–water partition coefficient (Wildman–Crippen LogP) is 3.42. The largest absolute Gasteiger partial charge is 0.496 e. The number of methoxy groups -OCH3 is 1. The molecule has 0 saturated carbocycles. The van der Waals surface area contributed by atoms with Crippen molar-refractivity contribution in [1.82, 2.24) is 9.97 Å². The lowest BCUT2D eigenvalue weighted by atomic mass is 10.1. The number of aryl methyl sites for hydroxylation is 1. The van der Waals surface area contributed by atoms with E-state index in [0.717, 1.165) is 18.8 Å². The third kappa shape index (κ3) is 3.23. The molecule has 0 amide bonds. The van der Waals surface area contributed by atoms with E-state index in [1.807, 2.05) is 6.92 Å². The van der Waals surface area contributed by atoms with Gasteiger partial charge in [-0.2, -0.15) is 0 Å². The highest BCUT2D eigenvalue weighted by Crippen LogP contribution is 2.30. The fourth-order valence-corrected chi connectivity index (χ4v) is 1.93. The average molecular weight is 275 g/mol. The summed E-state index contributed by atoms with van der Waals surface area (Å²) in [5.74, 6) is 1.64. The van der Waals surface area contributed by atoms with Gasteiger partial charge >= 0.3 is 0 Å². The second-order valence-corrected chi connectivity index (χ2v) is 4.46. The van der Waals surface area contributed by atoms with Gasteiger partial charge in [-0.15, -0.1) is 0 Å². The van der Waals surface area contributed by atoms with Gasteiger partial charge in [-0.05, 0) is 31.5 Å². The van der Waals surface area contributed by atoms with E-state index in [0.29, 0.717) is 22.8 Å². The summed E-state index contributed by atoms with van der Waals surface area (Å²) >= 11 is 0. The van der Waals surface area contributed by atoms with Crippen molar-refractivity contribution in [2.24, 2.45) is 0 Å². The first-order valence-corrected chi connectivity index (χ1v) is 6.57. The van der Waals surface area contributed by atoms with Crippen LogP contribution in [0.4, 0.5) is 10.2 Å². The molecule has 4 nitrogen and oxygen atoms in total. The molecule has 0 unspecified atom stereocenters. The first-order chi connectivity index (χ1) is 9.63. The van der Waals surface area contributed by atoms with Gasteiger partial charge < -0.3 is 10.1 Å². The number of benzene rings is 1. The number of ether oxygens (including phenoxy) is 1. The number of rotatable bonds is 5.